The summed E-state index contributed by atoms with van der Waals surface area (Å²) < 4.78 is 1.83. The SMILES string of the molecule is CC(CC(=O)O)Cn1nnnc1C1C2CCCCC21. The molecule has 0 radical (unpaired) electrons. The number of rotatable bonds is 5. The molecule has 2 saturated carbocycles. The lowest BCUT2D eigenvalue weighted by Gasteiger charge is -2.09. The number of carboxylic acids is 1. The van der Waals surface area contributed by atoms with Crippen LogP contribution in [-0.2, 0) is 11.3 Å². The van der Waals surface area contributed by atoms with Crippen molar-refractivity contribution in [3.8, 4) is 0 Å². The smallest absolute Gasteiger partial charge is 0.303 e. The van der Waals surface area contributed by atoms with Crippen LogP contribution < -0.4 is 0 Å². The van der Waals surface area contributed by atoms with Crippen LogP contribution >= 0.6 is 0 Å². The number of fused-ring (bicyclic) bond motifs is 1. The molecule has 6 nitrogen and oxygen atoms in total. The number of nitrogens with zero attached hydrogens (tertiary/aromatic N) is 4. The van der Waals surface area contributed by atoms with Crippen LogP contribution in [0.4, 0.5) is 0 Å². The molecule has 0 saturated heterocycles. The third-order valence-electron chi connectivity index (χ3n) is 4.52. The molecular weight excluding hydrogens is 244 g/mol. The van der Waals surface area contributed by atoms with Crippen molar-refractivity contribution < 1.29 is 9.90 Å². The fourth-order valence-electron chi connectivity index (χ4n) is 3.61. The fourth-order valence-corrected chi connectivity index (χ4v) is 3.61. The van der Waals surface area contributed by atoms with Gasteiger partial charge in [-0.3, -0.25) is 4.79 Å². The van der Waals surface area contributed by atoms with Crippen molar-refractivity contribution in [1.82, 2.24) is 20.2 Å². The molecule has 1 heterocycles. The van der Waals surface area contributed by atoms with Gasteiger partial charge in [-0.05, 0) is 41.0 Å². The van der Waals surface area contributed by atoms with E-state index >= 15 is 0 Å². The van der Waals surface area contributed by atoms with Gasteiger partial charge in [0.05, 0.1) is 0 Å². The minimum atomic E-state index is -0.762. The number of tetrazole rings is 1. The van der Waals surface area contributed by atoms with Gasteiger partial charge in [0.15, 0.2) is 5.82 Å². The Hall–Kier alpha value is -1.46. The van der Waals surface area contributed by atoms with E-state index in [0.29, 0.717) is 12.5 Å². The molecule has 2 aliphatic carbocycles. The van der Waals surface area contributed by atoms with E-state index in [1.54, 1.807) is 0 Å². The maximum atomic E-state index is 10.7. The highest BCUT2D eigenvalue weighted by Gasteiger charge is 2.53. The Morgan fingerprint density at radius 1 is 1.42 bits per heavy atom. The van der Waals surface area contributed by atoms with Gasteiger partial charge in [-0.2, -0.15) is 0 Å². The second kappa shape index (κ2) is 4.90. The fraction of sp³-hybridized carbons (Fsp3) is 0.846. The summed E-state index contributed by atoms with van der Waals surface area (Å²) in [5, 5.41) is 20.8. The summed E-state index contributed by atoms with van der Waals surface area (Å²) in [5.74, 6) is 2.34. The molecular formula is C13H20N4O2. The zero-order valence-electron chi connectivity index (χ0n) is 11.2. The Bertz CT molecular complexity index is 461. The van der Waals surface area contributed by atoms with E-state index in [2.05, 4.69) is 15.5 Å². The molecule has 3 rings (SSSR count). The quantitative estimate of drug-likeness (QED) is 0.875. The van der Waals surface area contributed by atoms with Crippen molar-refractivity contribution >= 4 is 5.97 Å². The first-order valence-corrected chi connectivity index (χ1v) is 7.14. The van der Waals surface area contributed by atoms with Crippen LogP contribution in [0, 0.1) is 17.8 Å². The van der Waals surface area contributed by atoms with Gasteiger partial charge < -0.3 is 5.11 Å². The molecule has 3 atom stereocenters. The second-order valence-electron chi connectivity index (χ2n) is 6.06. The van der Waals surface area contributed by atoms with Crippen LogP contribution in [0.5, 0.6) is 0 Å². The highest BCUT2D eigenvalue weighted by molar-refractivity contribution is 5.66. The largest absolute Gasteiger partial charge is 0.481 e. The lowest BCUT2D eigenvalue weighted by molar-refractivity contribution is -0.138. The molecule has 6 heteroatoms. The van der Waals surface area contributed by atoms with E-state index in [1.807, 2.05) is 11.6 Å². The molecule has 0 aromatic carbocycles. The van der Waals surface area contributed by atoms with Crippen LogP contribution in [0.25, 0.3) is 0 Å². The van der Waals surface area contributed by atoms with Crippen molar-refractivity contribution in [2.75, 3.05) is 0 Å². The Balaban J connectivity index is 1.67. The summed E-state index contributed by atoms with van der Waals surface area (Å²) in [6.07, 6.45) is 5.42. The first-order valence-electron chi connectivity index (χ1n) is 7.14. The molecule has 3 unspecified atom stereocenters. The molecule has 0 bridgehead atoms. The highest BCUT2D eigenvalue weighted by atomic mass is 16.4. The Labute approximate surface area is 112 Å². The molecule has 19 heavy (non-hydrogen) atoms. The van der Waals surface area contributed by atoms with E-state index in [1.165, 1.54) is 25.7 Å². The molecule has 2 aliphatic rings. The average molecular weight is 264 g/mol. The zero-order chi connectivity index (χ0) is 13.4. The van der Waals surface area contributed by atoms with Crippen molar-refractivity contribution in [1.29, 1.82) is 0 Å². The monoisotopic (exact) mass is 264 g/mol. The topological polar surface area (TPSA) is 80.9 Å². The normalized spacial score (nSPS) is 30.7. The molecule has 0 amide bonds. The third-order valence-corrected chi connectivity index (χ3v) is 4.52. The predicted molar refractivity (Wildman–Crippen MR) is 67.4 cm³/mol. The van der Waals surface area contributed by atoms with Gasteiger partial charge >= 0.3 is 5.97 Å². The summed E-state index contributed by atoms with van der Waals surface area (Å²) >= 11 is 0. The molecule has 1 N–H and O–H groups in total. The van der Waals surface area contributed by atoms with Crippen LogP contribution in [-0.4, -0.2) is 31.3 Å². The second-order valence-corrected chi connectivity index (χ2v) is 6.06. The van der Waals surface area contributed by atoms with Crippen molar-refractivity contribution in [2.24, 2.45) is 17.8 Å². The Morgan fingerprint density at radius 3 is 2.74 bits per heavy atom. The van der Waals surface area contributed by atoms with E-state index < -0.39 is 5.97 Å². The van der Waals surface area contributed by atoms with Gasteiger partial charge in [0.2, 0.25) is 0 Å². The van der Waals surface area contributed by atoms with Crippen LogP contribution in [0.3, 0.4) is 0 Å². The average Bonchev–Trinajstić information content (AvgIpc) is 2.91. The molecule has 0 aliphatic heterocycles. The van der Waals surface area contributed by atoms with E-state index in [4.69, 9.17) is 5.11 Å². The van der Waals surface area contributed by atoms with Gasteiger partial charge in [0.25, 0.3) is 0 Å². The number of aromatic nitrogens is 4. The van der Waals surface area contributed by atoms with E-state index in [-0.39, 0.29) is 12.3 Å². The van der Waals surface area contributed by atoms with Crippen LogP contribution in [0.2, 0.25) is 0 Å². The van der Waals surface area contributed by atoms with Gasteiger partial charge in [0, 0.05) is 18.9 Å². The Kier molecular flexibility index (Phi) is 3.24. The summed E-state index contributed by atoms with van der Waals surface area (Å²) in [4.78, 5) is 10.7. The van der Waals surface area contributed by atoms with Crippen molar-refractivity contribution in [3.63, 3.8) is 0 Å². The Morgan fingerprint density at radius 2 is 2.11 bits per heavy atom. The number of carboxylic acid groups (broad SMARTS) is 1. The minimum Gasteiger partial charge on any atom is -0.481 e. The van der Waals surface area contributed by atoms with Crippen molar-refractivity contribution in [2.45, 2.75) is 51.5 Å². The summed E-state index contributed by atoms with van der Waals surface area (Å²) in [7, 11) is 0. The van der Waals surface area contributed by atoms with E-state index in [9.17, 15) is 4.79 Å². The molecule has 104 valence electrons. The minimum absolute atomic E-state index is 0.0560. The van der Waals surface area contributed by atoms with Crippen LogP contribution in [0.1, 0.15) is 50.8 Å². The number of hydrogen-bond donors (Lipinski definition) is 1. The summed E-state index contributed by atoms with van der Waals surface area (Å²) in [6, 6.07) is 0. The third kappa shape index (κ3) is 2.48. The lowest BCUT2D eigenvalue weighted by atomic mass is 10.0. The number of aliphatic carboxylic acids is 1. The lowest BCUT2D eigenvalue weighted by Crippen LogP contribution is -2.15. The van der Waals surface area contributed by atoms with Crippen LogP contribution in [0.15, 0.2) is 0 Å². The van der Waals surface area contributed by atoms with Crippen molar-refractivity contribution in [3.05, 3.63) is 5.82 Å². The molecule has 2 fully saturated rings. The predicted octanol–water partition coefficient (Wildman–Crippen LogP) is 1.69. The number of hydrogen-bond acceptors (Lipinski definition) is 4. The maximum absolute atomic E-state index is 10.7. The van der Waals surface area contributed by atoms with Gasteiger partial charge in [-0.1, -0.05) is 19.8 Å². The first-order chi connectivity index (χ1) is 9.16. The van der Waals surface area contributed by atoms with E-state index in [0.717, 1.165) is 17.7 Å². The first kappa shape index (κ1) is 12.6. The summed E-state index contributed by atoms with van der Waals surface area (Å²) in [6.45, 7) is 2.53. The standard InChI is InChI=1S/C13H20N4O2/c1-8(6-11(18)19)7-17-13(14-15-16-17)12-9-4-2-3-5-10(9)12/h8-10,12H,2-7H2,1H3,(H,18,19). The molecule has 1 aromatic rings. The molecule has 0 spiro atoms. The molecule has 1 aromatic heterocycles. The van der Waals surface area contributed by atoms with Gasteiger partial charge in [-0.15, -0.1) is 5.10 Å². The number of carbonyl (C=O) groups is 1. The highest BCUT2D eigenvalue weighted by Crippen LogP contribution is 2.60. The van der Waals surface area contributed by atoms with Gasteiger partial charge in [-0.25, -0.2) is 4.68 Å². The van der Waals surface area contributed by atoms with Gasteiger partial charge in [0.1, 0.15) is 0 Å². The summed E-state index contributed by atoms with van der Waals surface area (Å²) in [5.41, 5.74) is 0. The zero-order valence-corrected chi connectivity index (χ0v) is 11.2. The maximum Gasteiger partial charge on any atom is 0.303 e.